The average molecular weight is 422 g/mol. The van der Waals surface area contributed by atoms with Gasteiger partial charge in [0, 0.05) is 42.1 Å². The normalized spacial score (nSPS) is 17.9. The van der Waals surface area contributed by atoms with Crippen LogP contribution in [0.1, 0.15) is 27.3 Å². The predicted octanol–water partition coefficient (Wildman–Crippen LogP) is 3.19. The van der Waals surface area contributed by atoms with E-state index in [0.717, 1.165) is 63.5 Å². The molecule has 0 spiro atoms. The second-order valence-corrected chi connectivity index (χ2v) is 8.24. The van der Waals surface area contributed by atoms with Crippen molar-refractivity contribution in [2.45, 2.75) is 19.4 Å². The summed E-state index contributed by atoms with van der Waals surface area (Å²) in [5.74, 6) is 0.861. The fourth-order valence-corrected chi connectivity index (χ4v) is 4.80. The fourth-order valence-electron chi connectivity index (χ4n) is 3.28. The minimum atomic E-state index is 0.0327. The number of hydrogen-bond acceptors (Lipinski definition) is 5. The van der Waals surface area contributed by atoms with Gasteiger partial charge in [-0.25, -0.2) is 4.98 Å². The van der Waals surface area contributed by atoms with Gasteiger partial charge in [-0.15, -0.1) is 11.3 Å². The van der Waals surface area contributed by atoms with Crippen LogP contribution in [0.15, 0.2) is 28.2 Å². The summed E-state index contributed by atoms with van der Waals surface area (Å²) in [6.45, 7) is 4.96. The van der Waals surface area contributed by atoms with Gasteiger partial charge in [-0.1, -0.05) is 0 Å². The van der Waals surface area contributed by atoms with E-state index in [2.05, 4.69) is 37.3 Å². The molecule has 0 bridgehead atoms. The topological polar surface area (TPSA) is 45.7 Å². The maximum absolute atomic E-state index is 12.8. The number of halogens is 1. The van der Waals surface area contributed by atoms with E-state index in [4.69, 9.17) is 4.74 Å². The highest BCUT2D eigenvalue weighted by atomic mass is 79.9. The van der Waals surface area contributed by atoms with Crippen molar-refractivity contribution in [3.8, 4) is 5.75 Å². The number of pyridine rings is 1. The molecule has 2 aliphatic heterocycles. The summed E-state index contributed by atoms with van der Waals surface area (Å²) in [5, 5.41) is 2.10. The largest absolute Gasteiger partial charge is 0.492 e. The van der Waals surface area contributed by atoms with Gasteiger partial charge >= 0.3 is 0 Å². The Kier molecular flexibility index (Phi) is 5.05. The number of carbonyl (C=O) groups is 1. The molecule has 132 valence electrons. The van der Waals surface area contributed by atoms with Gasteiger partial charge in [0.1, 0.15) is 11.4 Å². The number of carbonyl (C=O) groups excluding carboxylic acids is 1. The highest BCUT2D eigenvalue weighted by molar-refractivity contribution is 9.10. The van der Waals surface area contributed by atoms with E-state index < -0.39 is 0 Å². The van der Waals surface area contributed by atoms with Crippen molar-refractivity contribution in [1.82, 2.24) is 14.8 Å². The zero-order valence-electron chi connectivity index (χ0n) is 13.9. The second kappa shape index (κ2) is 7.43. The Morgan fingerprint density at radius 2 is 2.16 bits per heavy atom. The smallest absolute Gasteiger partial charge is 0.272 e. The predicted molar refractivity (Wildman–Crippen MR) is 101 cm³/mol. The van der Waals surface area contributed by atoms with Gasteiger partial charge in [0.2, 0.25) is 0 Å². The van der Waals surface area contributed by atoms with Crippen LogP contribution in [0.4, 0.5) is 0 Å². The van der Waals surface area contributed by atoms with E-state index in [0.29, 0.717) is 5.69 Å². The first-order chi connectivity index (χ1) is 12.2. The lowest BCUT2D eigenvalue weighted by Gasteiger charge is -2.34. The summed E-state index contributed by atoms with van der Waals surface area (Å²) < 4.78 is 6.76. The molecule has 1 amide bonds. The Labute approximate surface area is 159 Å². The van der Waals surface area contributed by atoms with Crippen molar-refractivity contribution in [2.75, 3.05) is 32.8 Å². The van der Waals surface area contributed by atoms with Gasteiger partial charge < -0.3 is 9.64 Å². The lowest BCUT2D eigenvalue weighted by atomic mass is 10.1. The minimum absolute atomic E-state index is 0.0327. The van der Waals surface area contributed by atoms with Crippen LogP contribution in [0.5, 0.6) is 5.75 Å². The number of amides is 1. The molecule has 0 unspecified atom stereocenters. The van der Waals surface area contributed by atoms with Crippen LogP contribution in [0, 0.1) is 0 Å². The quantitative estimate of drug-likeness (QED) is 0.763. The van der Waals surface area contributed by atoms with Crippen molar-refractivity contribution in [1.29, 1.82) is 0 Å². The fraction of sp³-hybridized carbons (Fsp3) is 0.444. The molecular formula is C18H20BrN3O2S. The number of aryl methyl sites for hydroxylation is 1. The SMILES string of the molecule is O=C(c1cc2c(cn1)OCCC2)N1CCN(Cc2sccc2Br)CC1. The third-order valence-corrected chi connectivity index (χ3v) is 6.64. The first-order valence-electron chi connectivity index (χ1n) is 8.56. The van der Waals surface area contributed by atoms with E-state index in [9.17, 15) is 4.79 Å². The van der Waals surface area contributed by atoms with Crippen LogP contribution in [-0.2, 0) is 13.0 Å². The zero-order chi connectivity index (χ0) is 17.2. The number of thiophene rings is 1. The first-order valence-corrected chi connectivity index (χ1v) is 10.2. The second-order valence-electron chi connectivity index (χ2n) is 6.39. The summed E-state index contributed by atoms with van der Waals surface area (Å²) in [6.07, 6.45) is 3.66. The number of ether oxygens (including phenoxy) is 1. The summed E-state index contributed by atoms with van der Waals surface area (Å²) >= 11 is 5.36. The Bertz CT molecular complexity index is 771. The van der Waals surface area contributed by atoms with E-state index in [-0.39, 0.29) is 5.91 Å². The van der Waals surface area contributed by atoms with Gasteiger partial charge in [0.05, 0.1) is 12.8 Å². The summed E-state index contributed by atoms with van der Waals surface area (Å²) in [7, 11) is 0. The molecule has 2 aromatic heterocycles. The standard InChI is InChI=1S/C18H20BrN3O2S/c19-14-3-9-25-17(14)12-21-4-6-22(7-5-21)18(23)15-10-13-2-1-8-24-16(13)11-20-15/h3,9-11H,1-2,4-8,12H2. The van der Waals surface area contributed by atoms with Crippen molar-refractivity contribution < 1.29 is 9.53 Å². The molecule has 7 heteroatoms. The van der Waals surface area contributed by atoms with Gasteiger partial charge in [-0.3, -0.25) is 9.69 Å². The molecule has 0 radical (unpaired) electrons. The highest BCUT2D eigenvalue weighted by Gasteiger charge is 2.24. The van der Waals surface area contributed by atoms with E-state index in [1.54, 1.807) is 17.5 Å². The third-order valence-electron chi connectivity index (χ3n) is 4.73. The van der Waals surface area contributed by atoms with E-state index in [1.807, 2.05) is 11.0 Å². The van der Waals surface area contributed by atoms with Gasteiger partial charge in [-0.05, 0) is 51.8 Å². The Morgan fingerprint density at radius 3 is 2.92 bits per heavy atom. The molecule has 5 nitrogen and oxygen atoms in total. The van der Waals surface area contributed by atoms with Crippen molar-refractivity contribution in [2.24, 2.45) is 0 Å². The average Bonchev–Trinajstić information content (AvgIpc) is 3.06. The van der Waals surface area contributed by atoms with Gasteiger partial charge in [0.15, 0.2) is 0 Å². The van der Waals surface area contributed by atoms with Crippen molar-refractivity contribution >= 4 is 33.2 Å². The molecule has 4 rings (SSSR count). The van der Waals surface area contributed by atoms with Gasteiger partial charge in [0.25, 0.3) is 5.91 Å². The Balaban J connectivity index is 1.37. The summed E-state index contributed by atoms with van der Waals surface area (Å²) in [5.41, 5.74) is 1.64. The molecule has 2 aliphatic rings. The number of fused-ring (bicyclic) bond motifs is 1. The number of rotatable bonds is 3. The zero-order valence-corrected chi connectivity index (χ0v) is 16.3. The highest BCUT2D eigenvalue weighted by Crippen LogP contribution is 2.26. The number of aromatic nitrogens is 1. The summed E-state index contributed by atoms with van der Waals surface area (Å²) in [4.78, 5) is 22.7. The molecule has 0 N–H and O–H groups in total. The van der Waals surface area contributed by atoms with E-state index in [1.165, 1.54) is 9.35 Å². The van der Waals surface area contributed by atoms with Crippen LogP contribution in [0.3, 0.4) is 0 Å². The van der Waals surface area contributed by atoms with Gasteiger partial charge in [-0.2, -0.15) is 0 Å². The Hall–Kier alpha value is -1.44. The summed E-state index contributed by atoms with van der Waals surface area (Å²) in [6, 6.07) is 4.00. The van der Waals surface area contributed by atoms with Crippen LogP contribution in [0.2, 0.25) is 0 Å². The third kappa shape index (κ3) is 3.73. The van der Waals surface area contributed by atoms with Crippen molar-refractivity contribution in [3.05, 3.63) is 44.3 Å². The Morgan fingerprint density at radius 1 is 1.32 bits per heavy atom. The van der Waals surface area contributed by atoms with Crippen molar-refractivity contribution in [3.63, 3.8) is 0 Å². The number of piperazine rings is 1. The van der Waals surface area contributed by atoms with Crippen LogP contribution >= 0.6 is 27.3 Å². The molecule has 25 heavy (non-hydrogen) atoms. The van der Waals surface area contributed by atoms with Crippen LogP contribution in [-0.4, -0.2) is 53.5 Å². The lowest BCUT2D eigenvalue weighted by molar-refractivity contribution is 0.0623. The number of hydrogen-bond donors (Lipinski definition) is 0. The molecule has 0 aliphatic carbocycles. The monoisotopic (exact) mass is 421 g/mol. The first kappa shape index (κ1) is 17.0. The molecule has 0 saturated carbocycles. The minimum Gasteiger partial charge on any atom is -0.492 e. The maximum Gasteiger partial charge on any atom is 0.272 e. The van der Waals surface area contributed by atoms with Crippen LogP contribution in [0.25, 0.3) is 0 Å². The molecule has 0 atom stereocenters. The molecule has 2 aromatic rings. The van der Waals surface area contributed by atoms with Crippen LogP contribution < -0.4 is 4.74 Å². The molecule has 1 fully saturated rings. The molecule has 4 heterocycles. The number of nitrogens with zero attached hydrogens (tertiary/aromatic N) is 3. The maximum atomic E-state index is 12.8. The van der Waals surface area contributed by atoms with E-state index >= 15 is 0 Å². The molecule has 1 saturated heterocycles. The molecule has 0 aromatic carbocycles. The lowest BCUT2D eigenvalue weighted by Crippen LogP contribution is -2.48. The molecular weight excluding hydrogens is 402 g/mol.